The van der Waals surface area contributed by atoms with E-state index in [1.807, 2.05) is 6.20 Å². The molecule has 101 heavy (non-hydrogen) atoms. The maximum Gasteiger partial charge on any atom is 0 e. The van der Waals surface area contributed by atoms with Gasteiger partial charge in [0.1, 0.15) is 0 Å². The van der Waals surface area contributed by atoms with E-state index in [1.165, 1.54) is 48.8 Å². The maximum atomic E-state index is 7.44. The molecular formula is C94H75BiN4OPt-2. The Morgan fingerprint density at radius 1 is 0.406 bits per heavy atom. The second-order valence-electron chi connectivity index (χ2n) is 27.6. The number of aryl methyl sites for hydroxylation is 6. The minimum Gasteiger partial charge on any atom is 0 e. The van der Waals surface area contributed by atoms with E-state index in [2.05, 4.69) is 380 Å². The van der Waals surface area contributed by atoms with Crippen LogP contribution in [-0.4, -0.2) is 35.9 Å². The fraction of sp³-hybridized carbons (Fsp3) is 0.106. The van der Waals surface area contributed by atoms with Crippen molar-refractivity contribution in [3.63, 3.8) is 0 Å². The number of benzene rings is 13. The summed E-state index contributed by atoms with van der Waals surface area (Å²) in [5.74, 6) is 2.01. The molecule has 0 saturated heterocycles. The molecular weight excluding hydrogens is 1610 g/mol. The molecule has 0 aliphatic rings. The molecule has 0 fully saturated rings. The summed E-state index contributed by atoms with van der Waals surface area (Å²) in [6.45, 7) is 20.5. The monoisotopic (exact) mass is 1680 g/mol. The molecule has 0 spiro atoms. The van der Waals surface area contributed by atoms with Gasteiger partial charge < -0.3 is 0 Å². The summed E-state index contributed by atoms with van der Waals surface area (Å²) in [6, 6.07) is 112. The summed E-state index contributed by atoms with van der Waals surface area (Å²) in [5, 5.41) is 2.19. The van der Waals surface area contributed by atoms with E-state index in [4.69, 9.17) is 9.72 Å². The predicted octanol–water partition coefficient (Wildman–Crippen LogP) is 21.3. The molecule has 3 aromatic heterocycles. The van der Waals surface area contributed by atoms with Crippen LogP contribution in [0.25, 0.3) is 117 Å². The van der Waals surface area contributed by atoms with E-state index in [-0.39, 0.29) is 26.5 Å². The van der Waals surface area contributed by atoms with Crippen LogP contribution in [0.2, 0.25) is 0 Å². The van der Waals surface area contributed by atoms with Gasteiger partial charge in [-0.2, -0.15) is 0 Å². The maximum absolute atomic E-state index is 7.44. The van der Waals surface area contributed by atoms with E-state index < -0.39 is 21.8 Å². The minimum absolute atomic E-state index is 0. The second-order valence-corrected chi connectivity index (χ2v) is 35.7. The minimum atomic E-state index is -3.45. The van der Waals surface area contributed by atoms with Crippen LogP contribution in [0.3, 0.4) is 0 Å². The first-order valence-corrected chi connectivity index (χ1v) is 39.6. The zero-order valence-electron chi connectivity index (χ0n) is 58.2. The van der Waals surface area contributed by atoms with Crippen LogP contribution in [0.4, 0.5) is 0 Å². The summed E-state index contributed by atoms with van der Waals surface area (Å²) in [7, 11) is 0. The third kappa shape index (κ3) is 12.9. The van der Waals surface area contributed by atoms with Gasteiger partial charge in [0.25, 0.3) is 0 Å². The first kappa shape index (κ1) is 66.5. The van der Waals surface area contributed by atoms with Crippen LogP contribution in [-0.2, 0) is 26.5 Å². The van der Waals surface area contributed by atoms with Gasteiger partial charge in [-0.05, 0) is 0 Å². The smallest absolute Gasteiger partial charge is 0 e. The Kier molecular flexibility index (Phi) is 18.2. The van der Waals surface area contributed by atoms with E-state index in [0.29, 0.717) is 11.5 Å². The van der Waals surface area contributed by atoms with Gasteiger partial charge in [-0.25, -0.2) is 0 Å². The second kappa shape index (κ2) is 27.6. The van der Waals surface area contributed by atoms with Crippen LogP contribution in [0.1, 0.15) is 59.7 Å². The van der Waals surface area contributed by atoms with Crippen LogP contribution >= 0.6 is 0 Å². The number of nitrogens with zero attached hydrogens (tertiary/aromatic N) is 4. The van der Waals surface area contributed by atoms with Gasteiger partial charge in [-0.3, -0.25) is 0 Å². The molecule has 494 valence electrons. The van der Waals surface area contributed by atoms with Crippen molar-refractivity contribution in [3.8, 4) is 95.5 Å². The Hall–Kier alpha value is -10.3. The summed E-state index contributed by atoms with van der Waals surface area (Å²) in [6.07, 6.45) is 6.08. The number of hydrogen-bond acceptors (Lipinski definition) is 2. The molecule has 0 N–H and O–H groups in total. The normalized spacial score (nSPS) is 11.6. The van der Waals surface area contributed by atoms with Gasteiger partial charge in [-0.1, -0.05) is 142 Å². The number of pyridine rings is 1. The molecule has 7 heteroatoms. The van der Waals surface area contributed by atoms with E-state index >= 15 is 0 Å². The SMILES string of the molecule is Cc1cc(C)[c]([Bi]([c]2cc(Oc3[c-]c4c(cc3)c3ccccc3n4-c3cc(C(C)(C)C)ccn3)[c-]c(-n3[c-][n+](-c4c(-c5cc(-c6ccccc6)cc(-c6ccccc6)c5)cccc4-c4cc(-c5ccccc5)cc(-c5ccccc5)c4)c4ccccc43)c2)[c]2c(C)cc(C)cc2C)c(C)c1.[Pt]. The molecule has 0 unspecified atom stereocenters. The molecule has 13 aromatic carbocycles. The molecule has 0 saturated carbocycles. The van der Waals surface area contributed by atoms with Crippen molar-refractivity contribution < 1.29 is 30.4 Å². The molecule has 0 bridgehead atoms. The third-order valence-corrected chi connectivity index (χ3v) is 31.4. The number of aromatic nitrogens is 4. The predicted molar refractivity (Wildman–Crippen MR) is 417 cm³/mol. The molecule has 16 rings (SSSR count). The summed E-state index contributed by atoms with van der Waals surface area (Å²) < 4.78 is 18.4. The first-order chi connectivity index (χ1) is 48.6. The average molecular weight is 1680 g/mol. The Balaban J connectivity index is 0.00000827. The van der Waals surface area contributed by atoms with Crippen LogP contribution < -0.4 is 19.1 Å². The van der Waals surface area contributed by atoms with Crippen molar-refractivity contribution in [1.82, 2.24) is 14.1 Å². The van der Waals surface area contributed by atoms with E-state index in [9.17, 15) is 0 Å². The van der Waals surface area contributed by atoms with Crippen molar-refractivity contribution >= 4 is 64.4 Å². The quantitative estimate of drug-likeness (QED) is 0.0618. The van der Waals surface area contributed by atoms with Crippen LogP contribution in [0, 0.1) is 60.0 Å². The number of hydrogen-bond donors (Lipinski definition) is 0. The molecule has 5 nitrogen and oxygen atoms in total. The number of para-hydroxylation sites is 4. The van der Waals surface area contributed by atoms with Gasteiger partial charge in [0, 0.05) is 21.1 Å². The molecule has 3 heterocycles. The van der Waals surface area contributed by atoms with Crippen molar-refractivity contribution in [1.29, 1.82) is 0 Å². The van der Waals surface area contributed by atoms with E-state index in [1.54, 1.807) is 0 Å². The van der Waals surface area contributed by atoms with Crippen LogP contribution in [0.5, 0.6) is 11.5 Å². The summed E-state index contributed by atoms with van der Waals surface area (Å²) >= 11 is -3.45. The number of fused-ring (bicyclic) bond motifs is 4. The fourth-order valence-electron chi connectivity index (χ4n) is 14.9. The van der Waals surface area contributed by atoms with Gasteiger partial charge in [-0.15, -0.1) is 0 Å². The molecule has 16 aromatic rings. The molecule has 0 amide bonds. The zero-order valence-corrected chi connectivity index (χ0v) is 63.9. The molecule has 0 atom stereocenters. The molecule has 0 aliphatic heterocycles. The van der Waals surface area contributed by atoms with Gasteiger partial charge in [0.05, 0.1) is 0 Å². The number of imidazole rings is 1. The Labute approximate surface area is 615 Å². The fourth-order valence-corrected chi connectivity index (χ4v) is 26.2. The van der Waals surface area contributed by atoms with Crippen molar-refractivity contribution in [2.45, 2.75) is 67.7 Å². The van der Waals surface area contributed by atoms with Crippen molar-refractivity contribution in [3.05, 3.63) is 349 Å². The first-order valence-electron chi connectivity index (χ1n) is 34.4. The molecule has 0 radical (unpaired) electrons. The summed E-state index contributed by atoms with van der Waals surface area (Å²) in [5.41, 5.74) is 28.0. The standard InChI is InChI=1S/C76H53N4O.2C9H11.Bi.Pt/c1-76(2,3)62-40-41-77-74(48-62)80-70-35-17-16-32-68(70)69-39-38-65(50-73(69)80)81-64-31-20-30-63(49-64)78-51-79(72-37-19-18-36-71(72)78)75-66(60-44-56(52-22-8-4-9-23-52)42-57(45-60)53-24-10-5-11-25-53)33-21-34-67(75)61-46-58(54-26-12-6-13-27-54)43-59(47-61)55-28-14-7-15-29-55;2*1-7-4-8(2)6-9(3)5-7;;/h4-19,21-48H,1-3H3;2*4-5H,1-3H3;;/q-2;;;;. The average Bonchev–Trinajstić information content (AvgIpc) is 1.69. The van der Waals surface area contributed by atoms with Gasteiger partial charge in [0.2, 0.25) is 0 Å². The number of rotatable bonds is 14. The Bertz CT molecular complexity index is 5450. The topological polar surface area (TPSA) is 35.9 Å². The molecule has 0 aliphatic carbocycles. The largest absolute Gasteiger partial charge is 0 e. The third-order valence-electron chi connectivity index (χ3n) is 19.4. The van der Waals surface area contributed by atoms with Gasteiger partial charge in [0.15, 0.2) is 0 Å². The summed E-state index contributed by atoms with van der Waals surface area (Å²) in [4.78, 5) is 5.04. The van der Waals surface area contributed by atoms with Crippen molar-refractivity contribution in [2.75, 3.05) is 0 Å². The van der Waals surface area contributed by atoms with Crippen LogP contribution in [0.15, 0.2) is 291 Å². The van der Waals surface area contributed by atoms with E-state index in [0.717, 1.165) is 117 Å². The van der Waals surface area contributed by atoms with Crippen molar-refractivity contribution in [2.24, 2.45) is 0 Å². The Morgan fingerprint density at radius 2 is 0.871 bits per heavy atom. The Morgan fingerprint density at radius 3 is 1.38 bits per heavy atom. The van der Waals surface area contributed by atoms with Gasteiger partial charge >= 0.3 is 458 Å². The number of ether oxygens (including phenoxy) is 1. The zero-order chi connectivity index (χ0) is 68.3.